The van der Waals surface area contributed by atoms with Crippen molar-refractivity contribution < 1.29 is 9.26 Å². The summed E-state index contributed by atoms with van der Waals surface area (Å²) in [5, 5.41) is 0. The summed E-state index contributed by atoms with van der Waals surface area (Å²) in [6, 6.07) is 0. The first-order valence-electron chi connectivity index (χ1n) is 1.22. The first-order chi connectivity index (χ1) is 2.41. The van der Waals surface area contributed by atoms with E-state index in [1.165, 1.54) is 0 Å². The van der Waals surface area contributed by atoms with Gasteiger partial charge in [-0.15, -0.1) is 0 Å². The molecule has 2 nitrogen and oxygen atoms in total. The lowest BCUT2D eigenvalue weighted by Crippen LogP contribution is -1.82. The smallest absolute Gasteiger partial charge is 0.149 e. The zero-order valence-electron chi connectivity index (χ0n) is 3.10. The van der Waals surface area contributed by atoms with Crippen LogP contribution < -0.4 is 0 Å². The van der Waals surface area contributed by atoms with Gasteiger partial charge in [-0.1, -0.05) is 0 Å². The van der Waals surface area contributed by atoms with Gasteiger partial charge in [0.2, 0.25) is 0 Å². The maximum Gasteiger partial charge on any atom is 0.149 e. The van der Waals surface area contributed by atoms with Gasteiger partial charge in [0.1, 0.15) is 6.79 Å². The van der Waals surface area contributed by atoms with Gasteiger partial charge in [0, 0.05) is 16.6 Å². The predicted molar refractivity (Wildman–Crippen MR) is 22.7 cm³/mol. The Morgan fingerprint density at radius 3 is 2.40 bits per heavy atom. The molecule has 0 rings (SSSR count). The van der Waals surface area contributed by atoms with Crippen LogP contribution in [0.5, 0.6) is 0 Å². The van der Waals surface area contributed by atoms with Crippen LogP contribution in [0.25, 0.3) is 0 Å². The highest BCUT2D eigenvalue weighted by Gasteiger charge is 1.63. The molecule has 0 aromatic rings. The number of ether oxygens (including phenoxy) is 1. The second-order valence-electron chi connectivity index (χ2n) is 0.573. The molecule has 0 aliphatic heterocycles. The summed E-state index contributed by atoms with van der Waals surface area (Å²) in [5.41, 5.74) is 0. The summed E-state index contributed by atoms with van der Waals surface area (Å²) in [4.78, 5) is 0. The molecule has 0 saturated carbocycles. The highest BCUT2D eigenvalue weighted by molar-refractivity contribution is 7.09. The van der Waals surface area contributed by atoms with Gasteiger partial charge in [-0.3, -0.25) is 0 Å². The number of rotatable bonds is 2. The third kappa shape index (κ3) is 4.35. The molecule has 5 heavy (non-hydrogen) atoms. The minimum absolute atomic E-state index is 0.352. The number of hydrogen-bond donors (Lipinski definition) is 0. The van der Waals surface area contributed by atoms with Crippen LogP contribution in [-0.2, 0) is 9.26 Å². The zero-order chi connectivity index (χ0) is 4.12. The van der Waals surface area contributed by atoms with E-state index in [4.69, 9.17) is 0 Å². The molecule has 0 fully saturated rings. The van der Waals surface area contributed by atoms with E-state index in [1.54, 1.807) is 7.11 Å². The van der Waals surface area contributed by atoms with Crippen molar-refractivity contribution in [2.45, 2.75) is 0 Å². The van der Waals surface area contributed by atoms with Gasteiger partial charge in [-0.05, 0) is 0 Å². The monoisotopic (exact) mass is 94.0 g/mol. The van der Waals surface area contributed by atoms with Crippen molar-refractivity contribution in [1.82, 2.24) is 0 Å². The summed E-state index contributed by atoms with van der Waals surface area (Å²) >= 11 is 0. The minimum Gasteiger partial charge on any atom is -0.358 e. The van der Waals surface area contributed by atoms with Gasteiger partial charge in [-0.25, -0.2) is 0 Å². The van der Waals surface area contributed by atoms with E-state index in [-0.39, 0.29) is 0 Å². The van der Waals surface area contributed by atoms with E-state index in [2.05, 4.69) is 18.7 Å². The van der Waals surface area contributed by atoms with E-state index in [0.29, 0.717) is 6.79 Å². The molecule has 0 aromatic heterocycles. The molecule has 32 valence electrons. The average molecular weight is 94.1 g/mol. The molecule has 0 aromatic carbocycles. The molecule has 0 bridgehead atoms. The first-order valence-corrected chi connectivity index (χ1v) is 1.69. The molecule has 0 saturated heterocycles. The fourth-order valence-electron chi connectivity index (χ4n) is 0.0680. The summed E-state index contributed by atoms with van der Waals surface area (Å²) in [6.45, 7) is 0.352. The van der Waals surface area contributed by atoms with Crippen molar-refractivity contribution in [3.8, 4) is 0 Å². The van der Waals surface area contributed by atoms with Crippen molar-refractivity contribution in [3.05, 3.63) is 0 Å². The van der Waals surface area contributed by atoms with Crippen LogP contribution in [0, 0.1) is 0 Å². The Kier molecular flexibility index (Phi) is 4.65. The van der Waals surface area contributed by atoms with Gasteiger partial charge in [0.25, 0.3) is 0 Å². The van der Waals surface area contributed by atoms with Crippen molar-refractivity contribution in [1.29, 1.82) is 0 Å². The lowest BCUT2D eigenvalue weighted by Gasteiger charge is -1.87. The molecule has 1 atom stereocenters. The Labute approximate surface area is 33.7 Å². The fourth-order valence-corrected chi connectivity index (χ4v) is 0.204. The largest absolute Gasteiger partial charge is 0.358 e. The Morgan fingerprint density at radius 2 is 2.40 bits per heavy atom. The molecular formula is C2H7O2P. The third-order valence-corrected chi connectivity index (χ3v) is 0.322. The summed E-state index contributed by atoms with van der Waals surface area (Å²) < 4.78 is 8.83. The quantitative estimate of drug-likeness (QED) is 0.364. The highest BCUT2D eigenvalue weighted by Crippen LogP contribution is 1.80. The van der Waals surface area contributed by atoms with Gasteiger partial charge in [-0.2, -0.15) is 0 Å². The summed E-state index contributed by atoms with van der Waals surface area (Å²) in [7, 11) is 3.65. The first kappa shape index (κ1) is 5.35. The Hall–Kier alpha value is 0.350. The van der Waals surface area contributed by atoms with E-state index in [1.807, 2.05) is 0 Å². The molecule has 0 heterocycles. The SMILES string of the molecule is COCOP. The molecule has 3 heteroatoms. The van der Waals surface area contributed by atoms with Gasteiger partial charge in [0.15, 0.2) is 0 Å². The topological polar surface area (TPSA) is 18.5 Å². The summed E-state index contributed by atoms with van der Waals surface area (Å²) in [5.74, 6) is 0. The normalized spacial score (nSPS) is 8.40. The standard InChI is InChI=1S/C2H7O2P/c1-3-2-4-5/h2,5H2,1H3. The average Bonchev–Trinajstić information content (AvgIpc) is 1.41. The van der Waals surface area contributed by atoms with Crippen LogP contribution >= 0.6 is 9.47 Å². The van der Waals surface area contributed by atoms with Crippen molar-refractivity contribution in [3.63, 3.8) is 0 Å². The van der Waals surface area contributed by atoms with Crippen molar-refractivity contribution >= 4 is 9.47 Å². The van der Waals surface area contributed by atoms with Gasteiger partial charge >= 0.3 is 0 Å². The fraction of sp³-hybridized carbons (Fsp3) is 1.00. The van der Waals surface area contributed by atoms with Crippen LogP contribution in [0.15, 0.2) is 0 Å². The van der Waals surface area contributed by atoms with E-state index < -0.39 is 0 Å². The molecule has 0 aliphatic rings. The zero-order valence-corrected chi connectivity index (χ0v) is 4.26. The third-order valence-electron chi connectivity index (χ3n) is 0.186. The maximum atomic E-state index is 4.45. The predicted octanol–water partition coefficient (Wildman–Crippen LogP) is 0.397. The molecule has 0 radical (unpaired) electrons. The van der Waals surface area contributed by atoms with Gasteiger partial charge < -0.3 is 9.26 Å². The van der Waals surface area contributed by atoms with Crippen molar-refractivity contribution in [2.24, 2.45) is 0 Å². The lowest BCUT2D eigenvalue weighted by molar-refractivity contribution is 0.0658. The maximum absolute atomic E-state index is 4.45. The molecule has 1 unspecified atom stereocenters. The Balaban J connectivity index is 2.19. The van der Waals surface area contributed by atoms with Crippen LogP contribution in [0.2, 0.25) is 0 Å². The Morgan fingerprint density at radius 1 is 1.80 bits per heavy atom. The van der Waals surface area contributed by atoms with Crippen LogP contribution in [0.4, 0.5) is 0 Å². The molecule has 0 amide bonds. The highest BCUT2D eigenvalue weighted by atomic mass is 31.0. The second kappa shape index (κ2) is 4.35. The van der Waals surface area contributed by atoms with Crippen LogP contribution in [-0.4, -0.2) is 13.9 Å². The van der Waals surface area contributed by atoms with Gasteiger partial charge in [0.05, 0.1) is 0 Å². The van der Waals surface area contributed by atoms with Crippen LogP contribution in [0.1, 0.15) is 0 Å². The molecular weight excluding hydrogens is 87.0 g/mol. The minimum atomic E-state index is 0.352. The van der Waals surface area contributed by atoms with Crippen molar-refractivity contribution in [2.75, 3.05) is 13.9 Å². The molecule has 0 aliphatic carbocycles. The Bertz CT molecular complexity index is 15.1. The van der Waals surface area contributed by atoms with E-state index in [0.717, 1.165) is 0 Å². The number of methoxy groups -OCH3 is 1. The lowest BCUT2D eigenvalue weighted by atomic mass is 11.4. The molecule has 0 N–H and O–H groups in total. The number of hydrogen-bond acceptors (Lipinski definition) is 2. The summed E-state index contributed by atoms with van der Waals surface area (Å²) in [6.07, 6.45) is 0. The second-order valence-corrected chi connectivity index (χ2v) is 0.907. The van der Waals surface area contributed by atoms with E-state index in [9.17, 15) is 0 Å². The molecule has 0 spiro atoms. The van der Waals surface area contributed by atoms with Crippen LogP contribution in [0.3, 0.4) is 0 Å². The van der Waals surface area contributed by atoms with E-state index >= 15 is 0 Å².